The summed E-state index contributed by atoms with van der Waals surface area (Å²) in [5.41, 5.74) is 3.24. The van der Waals surface area contributed by atoms with E-state index < -0.39 is 11.0 Å². The Labute approximate surface area is 188 Å². The Hall–Kier alpha value is -3.01. The summed E-state index contributed by atoms with van der Waals surface area (Å²) in [6.45, 7) is 4.40. The lowest BCUT2D eigenvalue weighted by Crippen LogP contribution is -2.37. The third-order valence-corrected chi connectivity index (χ3v) is 6.73. The largest absolute Gasteiger partial charge is 0.378 e. The number of hydrogen-bond donors (Lipinski definition) is 2. The molecular formula is C23H26N4O4S. The summed E-state index contributed by atoms with van der Waals surface area (Å²) in [7, 11) is 2.09. The van der Waals surface area contributed by atoms with Gasteiger partial charge in [0.15, 0.2) is 0 Å². The normalized spacial score (nSPS) is 15.2. The van der Waals surface area contributed by atoms with E-state index in [-0.39, 0.29) is 11.5 Å². The Bertz CT molecular complexity index is 1250. The first-order chi connectivity index (χ1) is 15.3. The first kappa shape index (κ1) is 22.2. The summed E-state index contributed by atoms with van der Waals surface area (Å²) in [5.74, 6) is -0.287. The number of carbonyl (C=O) groups excluding carboxylic acids is 1. The van der Waals surface area contributed by atoms with E-state index in [0.717, 1.165) is 16.6 Å². The molecule has 0 saturated carbocycles. The molecule has 0 aliphatic carbocycles. The highest BCUT2D eigenvalue weighted by Crippen LogP contribution is 2.27. The number of rotatable bonds is 5. The van der Waals surface area contributed by atoms with Crippen molar-refractivity contribution >= 4 is 39.2 Å². The van der Waals surface area contributed by atoms with Crippen molar-refractivity contribution in [2.24, 2.45) is 0 Å². The second kappa shape index (κ2) is 9.23. The van der Waals surface area contributed by atoms with Crippen LogP contribution in [0, 0.1) is 6.92 Å². The summed E-state index contributed by atoms with van der Waals surface area (Å²) in [6.07, 6.45) is 0. The number of fused-ring (bicyclic) bond motifs is 1. The number of morpholine rings is 1. The van der Waals surface area contributed by atoms with Crippen LogP contribution in [0.5, 0.6) is 0 Å². The minimum absolute atomic E-state index is 0.160. The molecule has 3 aromatic rings. The average molecular weight is 455 g/mol. The van der Waals surface area contributed by atoms with Crippen molar-refractivity contribution in [3.05, 3.63) is 63.9 Å². The van der Waals surface area contributed by atoms with Crippen molar-refractivity contribution < 1.29 is 13.7 Å². The van der Waals surface area contributed by atoms with Crippen molar-refractivity contribution in [2.45, 2.75) is 11.8 Å². The zero-order valence-electron chi connectivity index (χ0n) is 18.3. The number of hydrogen-bond acceptors (Lipinski definition) is 5. The number of H-pyrrole nitrogens is 1. The molecule has 1 aliphatic rings. The Kier molecular flexibility index (Phi) is 6.40. The maximum absolute atomic E-state index is 13.4. The van der Waals surface area contributed by atoms with Crippen LogP contribution < -0.4 is 15.8 Å². The van der Waals surface area contributed by atoms with E-state index >= 15 is 0 Å². The van der Waals surface area contributed by atoms with E-state index in [2.05, 4.69) is 15.2 Å². The van der Waals surface area contributed by atoms with Crippen molar-refractivity contribution in [3.8, 4) is 0 Å². The lowest BCUT2D eigenvalue weighted by molar-refractivity contribution is 0.102. The van der Waals surface area contributed by atoms with Gasteiger partial charge in [0.2, 0.25) is 5.56 Å². The molecule has 1 amide bonds. The van der Waals surface area contributed by atoms with Gasteiger partial charge in [0, 0.05) is 41.4 Å². The summed E-state index contributed by atoms with van der Waals surface area (Å²) >= 11 is 0. The Morgan fingerprint density at radius 2 is 1.88 bits per heavy atom. The molecule has 1 saturated heterocycles. The van der Waals surface area contributed by atoms with Crippen molar-refractivity contribution in [2.75, 3.05) is 50.6 Å². The number of pyridine rings is 1. The van der Waals surface area contributed by atoms with Crippen LogP contribution in [0.4, 0.5) is 11.4 Å². The van der Waals surface area contributed by atoms with E-state index in [4.69, 9.17) is 4.74 Å². The standard InChI is InChI=1S/C23H26N4O4S/c1-15-12-22(28)25-20-6-4-16(13-18(15)20)24-23(29)19-14-17(32(30)26(2)3)5-7-21(19)27-8-10-31-11-9-27/h4-7,12-14H,8-11H2,1-3H3,(H,24,29)(H,25,28). The summed E-state index contributed by atoms with van der Waals surface area (Å²) < 4.78 is 19.7. The second-order valence-electron chi connectivity index (χ2n) is 7.87. The van der Waals surface area contributed by atoms with Gasteiger partial charge in [0.05, 0.1) is 23.7 Å². The number of aryl methyl sites for hydroxylation is 1. The molecule has 32 heavy (non-hydrogen) atoms. The first-order valence-electron chi connectivity index (χ1n) is 10.3. The van der Waals surface area contributed by atoms with E-state index in [1.807, 2.05) is 19.1 Å². The zero-order valence-corrected chi connectivity index (χ0v) is 19.1. The van der Waals surface area contributed by atoms with Gasteiger partial charge >= 0.3 is 0 Å². The summed E-state index contributed by atoms with van der Waals surface area (Å²) in [4.78, 5) is 30.5. The van der Waals surface area contributed by atoms with Crippen LogP contribution in [-0.2, 0) is 15.7 Å². The Morgan fingerprint density at radius 3 is 2.59 bits per heavy atom. The number of anilines is 2. The molecule has 4 rings (SSSR count). The quantitative estimate of drug-likeness (QED) is 0.618. The van der Waals surface area contributed by atoms with Gasteiger partial charge in [0.25, 0.3) is 5.91 Å². The van der Waals surface area contributed by atoms with Gasteiger partial charge in [0.1, 0.15) is 11.0 Å². The molecule has 2 heterocycles. The molecule has 8 nitrogen and oxygen atoms in total. The molecule has 1 unspecified atom stereocenters. The van der Waals surface area contributed by atoms with Gasteiger partial charge in [-0.3, -0.25) is 9.59 Å². The lowest BCUT2D eigenvalue weighted by Gasteiger charge is -2.30. The summed E-state index contributed by atoms with van der Waals surface area (Å²) in [5, 5.41) is 3.83. The SMILES string of the molecule is Cc1cc(=O)[nH]c2ccc(NC(=O)c3cc(S(=O)N(C)C)ccc3N3CCOCC3)cc12. The molecule has 0 spiro atoms. The fraction of sp³-hybridized carbons (Fsp3) is 0.304. The van der Waals surface area contributed by atoms with Gasteiger partial charge in [-0.15, -0.1) is 0 Å². The fourth-order valence-corrected chi connectivity index (χ4v) is 4.62. The molecule has 168 valence electrons. The Morgan fingerprint density at radius 1 is 1.12 bits per heavy atom. The molecule has 0 bridgehead atoms. The van der Waals surface area contributed by atoms with Crippen LogP contribution in [0.3, 0.4) is 0 Å². The molecule has 2 N–H and O–H groups in total. The van der Waals surface area contributed by atoms with E-state index in [9.17, 15) is 13.8 Å². The number of carbonyl (C=O) groups is 1. The zero-order chi connectivity index (χ0) is 22.8. The molecule has 9 heteroatoms. The maximum Gasteiger partial charge on any atom is 0.257 e. The van der Waals surface area contributed by atoms with Crippen molar-refractivity contribution in [1.29, 1.82) is 0 Å². The van der Waals surface area contributed by atoms with Crippen LogP contribution in [0.1, 0.15) is 15.9 Å². The molecule has 2 aromatic carbocycles. The second-order valence-corrected chi connectivity index (χ2v) is 9.57. The number of nitrogens with one attached hydrogen (secondary N) is 2. The van der Waals surface area contributed by atoms with E-state index in [0.29, 0.717) is 48.0 Å². The highest BCUT2D eigenvalue weighted by atomic mass is 32.2. The van der Waals surface area contributed by atoms with Crippen LogP contribution in [-0.4, -0.2) is 59.8 Å². The molecular weight excluding hydrogens is 428 g/mol. The predicted octanol–water partition coefficient (Wildman–Crippen LogP) is 2.51. The minimum atomic E-state index is -1.37. The first-order valence-corrected chi connectivity index (χ1v) is 11.4. The number of amides is 1. The Balaban J connectivity index is 1.70. The van der Waals surface area contributed by atoms with Crippen LogP contribution in [0.2, 0.25) is 0 Å². The molecule has 1 aliphatic heterocycles. The van der Waals surface area contributed by atoms with Gasteiger partial charge in [-0.1, -0.05) is 0 Å². The van der Waals surface area contributed by atoms with E-state index in [1.54, 1.807) is 42.7 Å². The average Bonchev–Trinajstić information content (AvgIpc) is 2.79. The van der Waals surface area contributed by atoms with Gasteiger partial charge < -0.3 is 19.9 Å². The highest BCUT2D eigenvalue weighted by Gasteiger charge is 2.21. The third kappa shape index (κ3) is 4.59. The number of benzene rings is 2. The lowest BCUT2D eigenvalue weighted by atomic mass is 10.1. The number of aromatic amines is 1. The van der Waals surface area contributed by atoms with Crippen LogP contribution in [0.25, 0.3) is 10.9 Å². The van der Waals surface area contributed by atoms with Crippen molar-refractivity contribution in [1.82, 2.24) is 9.29 Å². The third-order valence-electron chi connectivity index (χ3n) is 5.41. The van der Waals surface area contributed by atoms with Crippen LogP contribution >= 0.6 is 0 Å². The molecule has 1 atom stereocenters. The smallest absolute Gasteiger partial charge is 0.257 e. The van der Waals surface area contributed by atoms with E-state index in [1.165, 1.54) is 6.07 Å². The van der Waals surface area contributed by atoms with Gasteiger partial charge in [-0.25, -0.2) is 8.51 Å². The fourth-order valence-electron chi connectivity index (χ4n) is 3.80. The number of ether oxygens (including phenoxy) is 1. The molecule has 1 aromatic heterocycles. The van der Waals surface area contributed by atoms with Gasteiger partial charge in [-0.2, -0.15) is 0 Å². The minimum Gasteiger partial charge on any atom is -0.378 e. The van der Waals surface area contributed by atoms with Crippen molar-refractivity contribution in [3.63, 3.8) is 0 Å². The molecule has 1 fully saturated rings. The maximum atomic E-state index is 13.4. The van der Waals surface area contributed by atoms with Crippen LogP contribution in [0.15, 0.2) is 52.2 Å². The molecule has 0 radical (unpaired) electrons. The highest BCUT2D eigenvalue weighted by molar-refractivity contribution is 7.82. The van der Waals surface area contributed by atoms with Gasteiger partial charge in [-0.05, 0) is 63.0 Å². The number of aromatic nitrogens is 1. The topological polar surface area (TPSA) is 94.7 Å². The monoisotopic (exact) mass is 454 g/mol. The summed E-state index contributed by atoms with van der Waals surface area (Å²) in [6, 6.07) is 12.3. The predicted molar refractivity (Wildman–Crippen MR) is 127 cm³/mol. The number of nitrogens with zero attached hydrogens (tertiary/aromatic N) is 2.